The number of rotatable bonds is 4. The van der Waals surface area contributed by atoms with Gasteiger partial charge >= 0.3 is 0 Å². The van der Waals surface area contributed by atoms with Crippen LogP contribution in [0.15, 0.2) is 24.3 Å². The summed E-state index contributed by atoms with van der Waals surface area (Å²) in [4.78, 5) is 21.3. The molecule has 17 heavy (non-hydrogen) atoms. The normalized spacial score (nSPS) is 9.18. The summed E-state index contributed by atoms with van der Waals surface area (Å²) in [5.41, 5.74) is 1.93. The second kappa shape index (κ2) is 8.68. The third kappa shape index (κ3) is 6.67. The van der Waals surface area contributed by atoms with E-state index in [0.29, 0.717) is 6.42 Å². The maximum Gasteiger partial charge on any atom is 0.162 e. The van der Waals surface area contributed by atoms with Crippen molar-refractivity contribution < 1.29 is 9.59 Å². The van der Waals surface area contributed by atoms with Crippen LogP contribution in [-0.4, -0.2) is 11.6 Å². The number of ketones is 2. The molecule has 0 saturated carbocycles. The quantitative estimate of drug-likeness (QED) is 0.739. The lowest BCUT2D eigenvalue weighted by molar-refractivity contribution is -0.117. The first kappa shape index (κ1) is 15.6. The van der Waals surface area contributed by atoms with Crippen LogP contribution in [0.1, 0.15) is 56.0 Å². The first-order valence-electron chi connectivity index (χ1n) is 6.11. The van der Waals surface area contributed by atoms with Gasteiger partial charge in [-0.15, -0.1) is 0 Å². The summed E-state index contributed by atoms with van der Waals surface area (Å²) in [6.45, 7) is 7.46. The van der Waals surface area contributed by atoms with Crippen molar-refractivity contribution in [3.05, 3.63) is 35.4 Å². The standard InChI is InChI=1S/C10H12O.C5H10O/c1-3-10(11)9-7-5-4-6-8(9)2;1-3-4-5(2)6/h4-7H,3H2,1-2H3;3-4H2,1-2H3. The topological polar surface area (TPSA) is 34.1 Å². The molecule has 94 valence electrons. The van der Waals surface area contributed by atoms with Gasteiger partial charge in [-0.2, -0.15) is 0 Å². The number of benzene rings is 1. The van der Waals surface area contributed by atoms with E-state index in [0.717, 1.165) is 24.0 Å². The lowest BCUT2D eigenvalue weighted by Gasteiger charge is -2.00. The van der Waals surface area contributed by atoms with E-state index in [1.807, 2.05) is 45.0 Å². The van der Waals surface area contributed by atoms with Crippen molar-refractivity contribution in [1.29, 1.82) is 0 Å². The van der Waals surface area contributed by atoms with Gasteiger partial charge in [0.1, 0.15) is 5.78 Å². The Morgan fingerprint density at radius 3 is 2.06 bits per heavy atom. The van der Waals surface area contributed by atoms with Crippen molar-refractivity contribution in [1.82, 2.24) is 0 Å². The third-order valence-corrected chi connectivity index (χ3v) is 2.37. The van der Waals surface area contributed by atoms with Crippen molar-refractivity contribution >= 4 is 11.6 Å². The summed E-state index contributed by atoms with van der Waals surface area (Å²) in [7, 11) is 0. The molecule has 0 aromatic heterocycles. The first-order valence-corrected chi connectivity index (χ1v) is 6.11. The van der Waals surface area contributed by atoms with Gasteiger partial charge in [0.2, 0.25) is 0 Å². The van der Waals surface area contributed by atoms with E-state index in [1.165, 1.54) is 0 Å². The van der Waals surface area contributed by atoms with Crippen LogP contribution in [0.4, 0.5) is 0 Å². The SMILES string of the molecule is CCC(=O)c1ccccc1C.CCCC(C)=O. The number of carbonyl (C=O) groups is 2. The van der Waals surface area contributed by atoms with E-state index in [2.05, 4.69) is 0 Å². The molecular formula is C15H22O2. The van der Waals surface area contributed by atoms with Crippen molar-refractivity contribution in [3.63, 3.8) is 0 Å². The molecule has 2 nitrogen and oxygen atoms in total. The molecule has 0 spiro atoms. The van der Waals surface area contributed by atoms with Gasteiger partial charge in [0.25, 0.3) is 0 Å². The lowest BCUT2D eigenvalue weighted by Crippen LogP contribution is -1.98. The summed E-state index contributed by atoms with van der Waals surface area (Å²) in [5.74, 6) is 0.514. The Bertz CT molecular complexity index is 367. The van der Waals surface area contributed by atoms with Gasteiger partial charge < -0.3 is 4.79 Å². The average molecular weight is 234 g/mol. The molecule has 0 unspecified atom stereocenters. The second-order valence-corrected chi connectivity index (χ2v) is 4.04. The van der Waals surface area contributed by atoms with Crippen LogP contribution in [-0.2, 0) is 4.79 Å². The second-order valence-electron chi connectivity index (χ2n) is 4.04. The number of hydrogen-bond acceptors (Lipinski definition) is 2. The van der Waals surface area contributed by atoms with Gasteiger partial charge in [0.15, 0.2) is 5.78 Å². The highest BCUT2D eigenvalue weighted by Crippen LogP contribution is 2.08. The van der Waals surface area contributed by atoms with Gasteiger partial charge in [-0.05, 0) is 25.8 Å². The smallest absolute Gasteiger partial charge is 0.162 e. The van der Waals surface area contributed by atoms with E-state index < -0.39 is 0 Å². The van der Waals surface area contributed by atoms with E-state index in [-0.39, 0.29) is 11.6 Å². The molecule has 1 rings (SSSR count). The predicted molar refractivity (Wildman–Crippen MR) is 71.4 cm³/mol. The minimum atomic E-state index is 0.225. The Morgan fingerprint density at radius 1 is 1.12 bits per heavy atom. The number of aryl methyl sites for hydroxylation is 1. The predicted octanol–water partition coefficient (Wildman–Crippen LogP) is 3.96. The fourth-order valence-corrected chi connectivity index (χ4v) is 1.43. The third-order valence-electron chi connectivity index (χ3n) is 2.37. The Labute approximate surface area is 104 Å². The molecule has 0 heterocycles. The summed E-state index contributed by atoms with van der Waals surface area (Å²) >= 11 is 0. The average Bonchev–Trinajstić information content (AvgIpc) is 2.29. The van der Waals surface area contributed by atoms with Crippen LogP contribution in [0.25, 0.3) is 0 Å². The maximum atomic E-state index is 11.2. The molecule has 2 heteroatoms. The summed E-state index contributed by atoms with van der Waals surface area (Å²) < 4.78 is 0. The molecule has 0 fully saturated rings. The zero-order valence-electron chi connectivity index (χ0n) is 11.2. The molecule has 0 aliphatic heterocycles. The molecule has 0 aliphatic rings. The van der Waals surface area contributed by atoms with Crippen LogP contribution in [0.3, 0.4) is 0 Å². The number of hydrogen-bond donors (Lipinski definition) is 0. The highest BCUT2D eigenvalue weighted by Gasteiger charge is 2.03. The first-order chi connectivity index (χ1) is 8.02. The lowest BCUT2D eigenvalue weighted by atomic mass is 10.0. The molecular weight excluding hydrogens is 212 g/mol. The molecule has 0 aliphatic carbocycles. The summed E-state index contributed by atoms with van der Waals surface area (Å²) in [5, 5.41) is 0. The summed E-state index contributed by atoms with van der Waals surface area (Å²) in [6, 6.07) is 7.68. The van der Waals surface area contributed by atoms with Crippen molar-refractivity contribution in [2.45, 2.75) is 47.0 Å². The van der Waals surface area contributed by atoms with Crippen LogP contribution in [0.2, 0.25) is 0 Å². The van der Waals surface area contributed by atoms with Crippen molar-refractivity contribution in [2.24, 2.45) is 0 Å². The zero-order valence-corrected chi connectivity index (χ0v) is 11.2. The van der Waals surface area contributed by atoms with Gasteiger partial charge in [0.05, 0.1) is 0 Å². The van der Waals surface area contributed by atoms with Gasteiger partial charge in [-0.1, -0.05) is 38.1 Å². The highest BCUT2D eigenvalue weighted by molar-refractivity contribution is 5.97. The number of Topliss-reactive ketones (excluding diaryl/α,β-unsaturated/α-hetero) is 2. The number of carbonyl (C=O) groups excluding carboxylic acids is 2. The van der Waals surface area contributed by atoms with Gasteiger partial charge in [-0.3, -0.25) is 4.79 Å². The summed E-state index contributed by atoms with van der Waals surface area (Å²) in [6.07, 6.45) is 2.31. The fraction of sp³-hybridized carbons (Fsp3) is 0.467. The molecule has 1 aromatic rings. The highest BCUT2D eigenvalue weighted by atomic mass is 16.1. The largest absolute Gasteiger partial charge is 0.300 e. The van der Waals surface area contributed by atoms with Gasteiger partial charge in [-0.25, -0.2) is 0 Å². The van der Waals surface area contributed by atoms with E-state index in [4.69, 9.17) is 0 Å². The van der Waals surface area contributed by atoms with Gasteiger partial charge in [0, 0.05) is 18.4 Å². The van der Waals surface area contributed by atoms with Crippen LogP contribution >= 0.6 is 0 Å². The minimum absolute atomic E-state index is 0.225. The molecule has 0 N–H and O–H groups in total. The molecule has 1 aromatic carbocycles. The Morgan fingerprint density at radius 2 is 1.71 bits per heavy atom. The van der Waals surface area contributed by atoms with E-state index in [9.17, 15) is 9.59 Å². The maximum absolute atomic E-state index is 11.2. The Kier molecular flexibility index (Phi) is 7.95. The van der Waals surface area contributed by atoms with E-state index >= 15 is 0 Å². The minimum Gasteiger partial charge on any atom is -0.300 e. The van der Waals surface area contributed by atoms with Crippen molar-refractivity contribution in [2.75, 3.05) is 0 Å². The molecule has 0 bridgehead atoms. The van der Waals surface area contributed by atoms with E-state index in [1.54, 1.807) is 6.92 Å². The van der Waals surface area contributed by atoms with Crippen LogP contribution in [0.5, 0.6) is 0 Å². The molecule has 0 amide bonds. The molecule has 0 radical (unpaired) electrons. The monoisotopic (exact) mass is 234 g/mol. The fourth-order valence-electron chi connectivity index (χ4n) is 1.43. The molecule has 0 atom stereocenters. The Balaban J connectivity index is 0.000000366. The Hall–Kier alpha value is -1.44. The van der Waals surface area contributed by atoms with Crippen molar-refractivity contribution in [3.8, 4) is 0 Å². The van der Waals surface area contributed by atoms with Crippen LogP contribution in [0, 0.1) is 6.92 Å². The van der Waals surface area contributed by atoms with Crippen LogP contribution < -0.4 is 0 Å². The molecule has 0 saturated heterocycles. The zero-order chi connectivity index (χ0) is 13.3.